The summed E-state index contributed by atoms with van der Waals surface area (Å²) in [5.41, 5.74) is 2.08. The first-order valence-corrected chi connectivity index (χ1v) is 6.72. The van der Waals surface area contributed by atoms with E-state index in [0.717, 1.165) is 35.5 Å². The lowest BCUT2D eigenvalue weighted by molar-refractivity contribution is 0.683. The molecular weight excluding hydrogens is 208 g/mol. The number of hydrogen-bond donors (Lipinski definition) is 1. The van der Waals surface area contributed by atoms with E-state index in [9.17, 15) is 4.21 Å². The van der Waals surface area contributed by atoms with E-state index in [1.165, 1.54) is 0 Å². The van der Waals surface area contributed by atoms with Crippen LogP contribution in [0.1, 0.15) is 12.2 Å². The number of rotatable bonds is 4. The third-order valence-corrected chi connectivity index (χ3v) is 3.15. The number of aromatic amines is 1. The zero-order valence-electron chi connectivity index (χ0n) is 8.69. The number of imidazole rings is 1. The highest BCUT2D eigenvalue weighted by molar-refractivity contribution is 7.84. The molecule has 0 spiro atoms. The van der Waals surface area contributed by atoms with E-state index in [-0.39, 0.29) is 0 Å². The molecule has 1 heterocycles. The molecule has 3 nitrogen and oxygen atoms in total. The predicted molar refractivity (Wildman–Crippen MR) is 63.3 cm³/mol. The molecule has 1 N–H and O–H groups in total. The smallest absolute Gasteiger partial charge is 0.107 e. The molecule has 2 rings (SSSR count). The third kappa shape index (κ3) is 2.65. The SMILES string of the molecule is CS(=O)CCCc1nc2ccccc2[nH]1. The number of hydrogen-bond acceptors (Lipinski definition) is 2. The van der Waals surface area contributed by atoms with Crippen molar-refractivity contribution in [2.24, 2.45) is 0 Å². The lowest BCUT2D eigenvalue weighted by atomic mass is 10.3. The fourth-order valence-corrected chi connectivity index (χ4v) is 2.12. The zero-order chi connectivity index (χ0) is 10.7. The van der Waals surface area contributed by atoms with Gasteiger partial charge in [0.15, 0.2) is 0 Å². The molecule has 4 heteroatoms. The van der Waals surface area contributed by atoms with Crippen LogP contribution < -0.4 is 0 Å². The largest absolute Gasteiger partial charge is 0.342 e. The van der Waals surface area contributed by atoms with Gasteiger partial charge < -0.3 is 4.98 Å². The molecule has 0 aliphatic carbocycles. The van der Waals surface area contributed by atoms with Gasteiger partial charge in [-0.2, -0.15) is 0 Å². The Morgan fingerprint density at radius 1 is 1.40 bits per heavy atom. The fraction of sp³-hybridized carbons (Fsp3) is 0.364. The quantitative estimate of drug-likeness (QED) is 0.858. The number of nitrogens with zero attached hydrogens (tertiary/aromatic N) is 1. The van der Waals surface area contributed by atoms with Gasteiger partial charge in [0.05, 0.1) is 11.0 Å². The maximum Gasteiger partial charge on any atom is 0.107 e. The number of aromatic nitrogens is 2. The summed E-state index contributed by atoms with van der Waals surface area (Å²) in [6.45, 7) is 0. The molecule has 2 aromatic rings. The summed E-state index contributed by atoms with van der Waals surface area (Å²) in [6, 6.07) is 7.98. The van der Waals surface area contributed by atoms with Crippen LogP contribution in [-0.2, 0) is 17.2 Å². The highest BCUT2D eigenvalue weighted by Gasteiger charge is 2.01. The Hall–Kier alpha value is -1.16. The van der Waals surface area contributed by atoms with Gasteiger partial charge in [-0.05, 0) is 18.6 Å². The van der Waals surface area contributed by atoms with Gasteiger partial charge >= 0.3 is 0 Å². The van der Waals surface area contributed by atoms with E-state index >= 15 is 0 Å². The molecule has 1 unspecified atom stereocenters. The van der Waals surface area contributed by atoms with Crippen molar-refractivity contribution in [3.63, 3.8) is 0 Å². The maximum atomic E-state index is 10.9. The molecule has 1 aromatic carbocycles. The van der Waals surface area contributed by atoms with Gasteiger partial charge in [0, 0.05) is 29.2 Å². The molecule has 0 radical (unpaired) electrons. The lowest BCUT2D eigenvalue weighted by Gasteiger charge is -1.94. The molecule has 0 aliphatic rings. The van der Waals surface area contributed by atoms with Gasteiger partial charge in [-0.3, -0.25) is 4.21 Å². The molecule has 1 atom stereocenters. The third-order valence-electron chi connectivity index (χ3n) is 2.28. The van der Waals surface area contributed by atoms with Crippen molar-refractivity contribution in [2.75, 3.05) is 12.0 Å². The summed E-state index contributed by atoms with van der Waals surface area (Å²) in [5, 5.41) is 0. The minimum Gasteiger partial charge on any atom is -0.342 e. The van der Waals surface area contributed by atoms with Crippen molar-refractivity contribution in [2.45, 2.75) is 12.8 Å². The minimum atomic E-state index is -0.699. The molecule has 80 valence electrons. The first-order valence-electron chi connectivity index (χ1n) is 4.99. The summed E-state index contributed by atoms with van der Waals surface area (Å²) in [5.74, 6) is 1.73. The molecule has 0 aliphatic heterocycles. The standard InChI is InChI=1S/C11H14N2OS/c1-15(14)8-4-7-11-12-9-5-2-3-6-10(9)13-11/h2-3,5-6H,4,7-8H2,1H3,(H,12,13). The predicted octanol–water partition coefficient (Wildman–Crippen LogP) is 1.87. The van der Waals surface area contributed by atoms with Crippen LogP contribution in [0.4, 0.5) is 0 Å². The molecule has 0 fully saturated rings. The van der Waals surface area contributed by atoms with E-state index in [4.69, 9.17) is 0 Å². The Morgan fingerprint density at radius 3 is 2.93 bits per heavy atom. The van der Waals surface area contributed by atoms with Crippen molar-refractivity contribution >= 4 is 21.8 Å². The van der Waals surface area contributed by atoms with Crippen molar-refractivity contribution in [1.82, 2.24) is 9.97 Å². The summed E-state index contributed by atoms with van der Waals surface area (Å²) in [4.78, 5) is 7.71. The van der Waals surface area contributed by atoms with Gasteiger partial charge in [0.25, 0.3) is 0 Å². The Morgan fingerprint density at radius 2 is 2.20 bits per heavy atom. The maximum absolute atomic E-state index is 10.9. The first-order chi connectivity index (χ1) is 7.25. The summed E-state index contributed by atoms with van der Waals surface area (Å²) in [7, 11) is -0.699. The highest BCUT2D eigenvalue weighted by Crippen LogP contribution is 2.11. The van der Waals surface area contributed by atoms with Gasteiger partial charge in [0.2, 0.25) is 0 Å². The summed E-state index contributed by atoms with van der Waals surface area (Å²) in [6.07, 6.45) is 3.52. The molecule has 0 bridgehead atoms. The topological polar surface area (TPSA) is 45.8 Å². The van der Waals surface area contributed by atoms with Crippen molar-refractivity contribution < 1.29 is 4.21 Å². The van der Waals surface area contributed by atoms with Crippen LogP contribution in [0.2, 0.25) is 0 Å². The van der Waals surface area contributed by atoms with Crippen molar-refractivity contribution in [3.05, 3.63) is 30.1 Å². The zero-order valence-corrected chi connectivity index (χ0v) is 9.51. The Labute approximate surface area is 91.4 Å². The van der Waals surface area contributed by atoms with E-state index in [1.807, 2.05) is 24.3 Å². The van der Waals surface area contributed by atoms with E-state index in [1.54, 1.807) is 6.26 Å². The normalized spacial score (nSPS) is 13.1. The van der Waals surface area contributed by atoms with Crippen molar-refractivity contribution in [3.8, 4) is 0 Å². The van der Waals surface area contributed by atoms with E-state index in [2.05, 4.69) is 9.97 Å². The summed E-state index contributed by atoms with van der Waals surface area (Å²) < 4.78 is 10.9. The van der Waals surface area contributed by atoms with Crippen LogP contribution in [0.5, 0.6) is 0 Å². The second-order valence-corrected chi connectivity index (χ2v) is 5.14. The average Bonchev–Trinajstić information content (AvgIpc) is 2.59. The molecule has 0 saturated carbocycles. The number of nitrogens with one attached hydrogen (secondary N) is 1. The Bertz CT molecular complexity index is 445. The van der Waals surface area contributed by atoms with Crippen LogP contribution in [0, 0.1) is 0 Å². The van der Waals surface area contributed by atoms with Crippen molar-refractivity contribution in [1.29, 1.82) is 0 Å². The number of fused-ring (bicyclic) bond motifs is 1. The van der Waals surface area contributed by atoms with Gasteiger partial charge in [0.1, 0.15) is 5.82 Å². The average molecular weight is 222 g/mol. The number of benzene rings is 1. The Kier molecular flexibility index (Phi) is 3.16. The molecule has 15 heavy (non-hydrogen) atoms. The fourth-order valence-electron chi connectivity index (χ4n) is 1.57. The first kappa shape index (κ1) is 10.4. The van der Waals surface area contributed by atoms with Crippen LogP contribution in [0.15, 0.2) is 24.3 Å². The van der Waals surface area contributed by atoms with Crippen LogP contribution in [0.25, 0.3) is 11.0 Å². The van der Waals surface area contributed by atoms with Crippen LogP contribution in [0.3, 0.4) is 0 Å². The summed E-state index contributed by atoms with van der Waals surface area (Å²) >= 11 is 0. The highest BCUT2D eigenvalue weighted by atomic mass is 32.2. The van der Waals surface area contributed by atoms with Gasteiger partial charge in [-0.25, -0.2) is 4.98 Å². The Balaban J connectivity index is 2.05. The van der Waals surface area contributed by atoms with Gasteiger partial charge in [-0.1, -0.05) is 12.1 Å². The lowest BCUT2D eigenvalue weighted by Crippen LogP contribution is -1.97. The monoisotopic (exact) mass is 222 g/mol. The molecular formula is C11H14N2OS. The molecule has 1 aromatic heterocycles. The van der Waals surface area contributed by atoms with Crippen LogP contribution >= 0.6 is 0 Å². The van der Waals surface area contributed by atoms with Gasteiger partial charge in [-0.15, -0.1) is 0 Å². The second-order valence-electron chi connectivity index (χ2n) is 3.58. The number of H-pyrrole nitrogens is 1. The molecule has 0 amide bonds. The molecule has 0 saturated heterocycles. The minimum absolute atomic E-state index is 0.699. The number of para-hydroxylation sites is 2. The van der Waals surface area contributed by atoms with E-state index < -0.39 is 10.8 Å². The second kappa shape index (κ2) is 4.57. The number of aryl methyl sites for hydroxylation is 1. The van der Waals surface area contributed by atoms with Crippen LogP contribution in [-0.4, -0.2) is 26.2 Å². The van der Waals surface area contributed by atoms with E-state index in [0.29, 0.717) is 0 Å².